The molecular formula is C18H24FNO2. The number of rotatable bonds is 4. The van der Waals surface area contributed by atoms with E-state index in [1.807, 2.05) is 24.0 Å². The zero-order chi connectivity index (χ0) is 15.7. The van der Waals surface area contributed by atoms with Gasteiger partial charge in [0, 0.05) is 19.5 Å². The molecule has 0 spiro atoms. The smallest absolute Gasteiger partial charge is 0.223 e. The lowest BCUT2D eigenvalue weighted by molar-refractivity contribution is -0.138. The summed E-state index contributed by atoms with van der Waals surface area (Å²) in [5.41, 5.74) is 1.77. The van der Waals surface area contributed by atoms with Crippen molar-refractivity contribution in [2.75, 3.05) is 19.7 Å². The maximum Gasteiger partial charge on any atom is 0.223 e. The molecule has 3 nitrogen and oxygen atoms in total. The number of aryl methyl sites for hydroxylation is 1. The van der Waals surface area contributed by atoms with Gasteiger partial charge in [-0.3, -0.25) is 4.79 Å². The van der Waals surface area contributed by atoms with Crippen molar-refractivity contribution in [2.45, 2.75) is 45.1 Å². The molecule has 1 aromatic carbocycles. The van der Waals surface area contributed by atoms with E-state index in [1.54, 1.807) is 6.92 Å². The number of halogens is 1. The number of carbonyl (C=O) groups excluding carboxylic acids is 1. The summed E-state index contributed by atoms with van der Waals surface area (Å²) in [6.07, 6.45) is 3.00. The van der Waals surface area contributed by atoms with Gasteiger partial charge in [-0.1, -0.05) is 12.1 Å². The predicted molar refractivity (Wildman–Crippen MR) is 83.2 cm³/mol. The van der Waals surface area contributed by atoms with E-state index in [9.17, 15) is 9.18 Å². The van der Waals surface area contributed by atoms with Gasteiger partial charge in [0.05, 0.1) is 12.7 Å². The van der Waals surface area contributed by atoms with Crippen LogP contribution in [-0.2, 0) is 9.53 Å². The average Bonchev–Trinajstić information content (AvgIpc) is 3.32. The Balaban J connectivity index is 1.71. The Morgan fingerprint density at radius 1 is 1.45 bits per heavy atom. The van der Waals surface area contributed by atoms with Gasteiger partial charge in [0.15, 0.2) is 0 Å². The average molecular weight is 305 g/mol. The maximum absolute atomic E-state index is 13.5. The first-order valence-electron chi connectivity index (χ1n) is 8.20. The number of amides is 1. The minimum Gasteiger partial charge on any atom is -0.375 e. The van der Waals surface area contributed by atoms with Crippen LogP contribution in [0.3, 0.4) is 0 Å². The number of hydrogen-bond acceptors (Lipinski definition) is 2. The lowest BCUT2D eigenvalue weighted by Crippen LogP contribution is -2.44. The van der Waals surface area contributed by atoms with Gasteiger partial charge in [-0.2, -0.15) is 0 Å². The van der Waals surface area contributed by atoms with Crippen LogP contribution in [0.2, 0.25) is 0 Å². The monoisotopic (exact) mass is 305 g/mol. The summed E-state index contributed by atoms with van der Waals surface area (Å²) in [4.78, 5) is 14.5. The molecule has 0 aromatic heterocycles. The number of hydrogen-bond donors (Lipinski definition) is 0. The zero-order valence-corrected chi connectivity index (χ0v) is 13.3. The van der Waals surface area contributed by atoms with Crippen LogP contribution in [0, 0.1) is 18.7 Å². The summed E-state index contributed by atoms with van der Waals surface area (Å²) in [6.45, 7) is 5.77. The first-order chi connectivity index (χ1) is 10.5. The van der Waals surface area contributed by atoms with Gasteiger partial charge >= 0.3 is 0 Å². The third-order valence-corrected chi connectivity index (χ3v) is 4.79. The Morgan fingerprint density at radius 3 is 2.86 bits per heavy atom. The van der Waals surface area contributed by atoms with Crippen LogP contribution in [0.1, 0.15) is 43.2 Å². The fraction of sp³-hybridized carbons (Fsp3) is 0.611. The SMILES string of the molecule is Cc1cc(C(CC(=O)N2CCOC(C)C2)C2CC2)ccc1F. The molecule has 2 fully saturated rings. The van der Waals surface area contributed by atoms with Crippen molar-refractivity contribution in [1.29, 1.82) is 0 Å². The summed E-state index contributed by atoms with van der Waals surface area (Å²) in [5.74, 6) is 0.831. The van der Waals surface area contributed by atoms with E-state index in [0.717, 1.165) is 5.56 Å². The molecule has 0 bridgehead atoms. The van der Waals surface area contributed by atoms with Gasteiger partial charge in [0.1, 0.15) is 5.82 Å². The fourth-order valence-electron chi connectivity index (χ4n) is 3.32. The van der Waals surface area contributed by atoms with Crippen molar-refractivity contribution in [3.05, 3.63) is 35.1 Å². The van der Waals surface area contributed by atoms with Crippen LogP contribution >= 0.6 is 0 Å². The molecule has 0 N–H and O–H groups in total. The van der Waals surface area contributed by atoms with Gasteiger partial charge in [-0.05, 0) is 55.7 Å². The summed E-state index contributed by atoms with van der Waals surface area (Å²) in [6, 6.07) is 5.29. The molecule has 1 aliphatic carbocycles. The summed E-state index contributed by atoms with van der Waals surface area (Å²) in [5, 5.41) is 0. The van der Waals surface area contributed by atoms with E-state index in [0.29, 0.717) is 37.6 Å². The minimum absolute atomic E-state index is 0.116. The first-order valence-corrected chi connectivity index (χ1v) is 8.20. The maximum atomic E-state index is 13.5. The fourth-order valence-corrected chi connectivity index (χ4v) is 3.32. The summed E-state index contributed by atoms with van der Waals surface area (Å²) < 4.78 is 19.0. The molecule has 1 saturated carbocycles. The molecule has 22 heavy (non-hydrogen) atoms. The van der Waals surface area contributed by atoms with E-state index >= 15 is 0 Å². The molecule has 2 unspecified atom stereocenters. The lowest BCUT2D eigenvalue weighted by atomic mass is 9.89. The molecule has 1 aliphatic heterocycles. The topological polar surface area (TPSA) is 29.5 Å². The summed E-state index contributed by atoms with van der Waals surface area (Å²) >= 11 is 0. The second-order valence-electron chi connectivity index (χ2n) is 6.68. The van der Waals surface area contributed by atoms with Crippen LogP contribution in [0.4, 0.5) is 4.39 Å². The molecule has 0 radical (unpaired) electrons. The quantitative estimate of drug-likeness (QED) is 0.854. The Hall–Kier alpha value is -1.42. The van der Waals surface area contributed by atoms with E-state index in [-0.39, 0.29) is 23.7 Å². The Kier molecular flexibility index (Phi) is 4.48. The third-order valence-electron chi connectivity index (χ3n) is 4.79. The van der Waals surface area contributed by atoms with Gasteiger partial charge in [-0.25, -0.2) is 4.39 Å². The number of benzene rings is 1. The normalized spacial score (nSPS) is 23.4. The second kappa shape index (κ2) is 6.37. The van der Waals surface area contributed by atoms with E-state index in [4.69, 9.17) is 4.74 Å². The standard InChI is InChI=1S/C18H24FNO2/c1-12-9-15(5-6-17(12)19)16(14-3-4-14)10-18(21)20-7-8-22-13(2)11-20/h5-6,9,13-14,16H,3-4,7-8,10-11H2,1-2H3. The third kappa shape index (κ3) is 3.49. The molecular weight excluding hydrogens is 281 g/mol. The van der Waals surface area contributed by atoms with Gasteiger partial charge < -0.3 is 9.64 Å². The van der Waals surface area contributed by atoms with Crippen molar-refractivity contribution in [2.24, 2.45) is 5.92 Å². The van der Waals surface area contributed by atoms with E-state index < -0.39 is 0 Å². The highest BCUT2D eigenvalue weighted by Gasteiger charge is 2.35. The van der Waals surface area contributed by atoms with Crippen LogP contribution < -0.4 is 0 Å². The van der Waals surface area contributed by atoms with Crippen LogP contribution in [0.25, 0.3) is 0 Å². The van der Waals surface area contributed by atoms with Crippen molar-refractivity contribution in [1.82, 2.24) is 4.90 Å². The second-order valence-corrected chi connectivity index (χ2v) is 6.68. The molecule has 1 aromatic rings. The van der Waals surface area contributed by atoms with Gasteiger partial charge in [0.2, 0.25) is 5.91 Å². The Morgan fingerprint density at radius 2 is 2.23 bits per heavy atom. The zero-order valence-electron chi connectivity index (χ0n) is 13.3. The van der Waals surface area contributed by atoms with Crippen molar-refractivity contribution >= 4 is 5.91 Å². The lowest BCUT2D eigenvalue weighted by Gasteiger charge is -2.32. The van der Waals surface area contributed by atoms with E-state index in [1.165, 1.54) is 18.9 Å². The van der Waals surface area contributed by atoms with Crippen molar-refractivity contribution in [3.8, 4) is 0 Å². The Labute approximate surface area is 131 Å². The number of morpholine rings is 1. The Bertz CT molecular complexity index is 556. The molecule has 1 saturated heterocycles. The first kappa shape index (κ1) is 15.5. The highest BCUT2D eigenvalue weighted by Crippen LogP contribution is 2.45. The van der Waals surface area contributed by atoms with Crippen molar-refractivity contribution in [3.63, 3.8) is 0 Å². The van der Waals surface area contributed by atoms with Crippen LogP contribution in [0.5, 0.6) is 0 Å². The number of nitrogens with zero attached hydrogens (tertiary/aromatic N) is 1. The van der Waals surface area contributed by atoms with Gasteiger partial charge in [-0.15, -0.1) is 0 Å². The highest BCUT2D eigenvalue weighted by molar-refractivity contribution is 5.77. The number of carbonyl (C=O) groups is 1. The largest absolute Gasteiger partial charge is 0.375 e. The molecule has 1 amide bonds. The number of ether oxygens (including phenoxy) is 1. The highest BCUT2D eigenvalue weighted by atomic mass is 19.1. The molecule has 4 heteroatoms. The predicted octanol–water partition coefficient (Wildman–Crippen LogP) is 3.27. The molecule has 2 atom stereocenters. The van der Waals surface area contributed by atoms with Crippen LogP contribution in [0.15, 0.2) is 18.2 Å². The molecule has 2 aliphatic rings. The minimum atomic E-state index is -0.174. The van der Waals surface area contributed by atoms with Crippen LogP contribution in [-0.4, -0.2) is 36.6 Å². The molecule has 120 valence electrons. The van der Waals surface area contributed by atoms with Crippen molar-refractivity contribution < 1.29 is 13.9 Å². The molecule has 3 rings (SSSR count). The van der Waals surface area contributed by atoms with Gasteiger partial charge in [0.25, 0.3) is 0 Å². The molecule has 1 heterocycles. The summed E-state index contributed by atoms with van der Waals surface area (Å²) in [7, 11) is 0. The van der Waals surface area contributed by atoms with E-state index in [2.05, 4.69) is 0 Å².